The number of halogens is 1. The summed E-state index contributed by atoms with van der Waals surface area (Å²) in [5.41, 5.74) is 14.7. The molecule has 0 amide bonds. The maximum atomic E-state index is 16.8. The van der Waals surface area contributed by atoms with Gasteiger partial charge < -0.3 is 9.80 Å². The van der Waals surface area contributed by atoms with Gasteiger partial charge in [0.15, 0.2) is 0 Å². The summed E-state index contributed by atoms with van der Waals surface area (Å²) in [6.45, 7) is 0. The first-order chi connectivity index (χ1) is 30.7. The van der Waals surface area contributed by atoms with Gasteiger partial charge in [0, 0.05) is 40.1 Å². The molecule has 0 unspecified atom stereocenters. The fraction of sp³-hybridized carbons (Fsp3) is 0.0172. The van der Waals surface area contributed by atoms with Gasteiger partial charge in [0.25, 0.3) is 0 Å². The second-order valence-corrected chi connectivity index (χ2v) is 16.3. The third-order valence-electron chi connectivity index (χ3n) is 13.4. The molecule has 0 saturated carbocycles. The fourth-order valence-corrected chi connectivity index (χ4v) is 11.0. The summed E-state index contributed by atoms with van der Waals surface area (Å²) >= 11 is 0. The Morgan fingerprint density at radius 1 is 0.355 bits per heavy atom. The highest BCUT2D eigenvalue weighted by atomic mass is 19.1. The van der Waals surface area contributed by atoms with Gasteiger partial charge in [-0.05, 0) is 115 Å². The van der Waals surface area contributed by atoms with Crippen molar-refractivity contribution < 1.29 is 4.39 Å². The molecule has 2 aliphatic carbocycles. The van der Waals surface area contributed by atoms with Gasteiger partial charge in [-0.2, -0.15) is 0 Å². The summed E-state index contributed by atoms with van der Waals surface area (Å²) < 4.78 is 16.8. The molecule has 290 valence electrons. The quantitative estimate of drug-likeness (QED) is 0.156. The lowest BCUT2D eigenvalue weighted by Crippen LogP contribution is -2.26. The average molecular weight is 794 g/mol. The Bertz CT molecular complexity index is 3480. The molecular formula is C58H36FN3. The first-order valence-electron chi connectivity index (χ1n) is 21.1. The Morgan fingerprint density at radius 2 is 0.839 bits per heavy atom. The largest absolute Gasteiger partial charge is 0.310 e. The van der Waals surface area contributed by atoms with Crippen LogP contribution < -0.4 is 9.80 Å². The predicted octanol–water partition coefficient (Wildman–Crippen LogP) is 15.4. The van der Waals surface area contributed by atoms with Crippen LogP contribution in [0.15, 0.2) is 219 Å². The van der Waals surface area contributed by atoms with Gasteiger partial charge in [-0.3, -0.25) is 4.98 Å². The molecule has 0 saturated heterocycles. The molecule has 4 heteroatoms. The third kappa shape index (κ3) is 4.66. The molecule has 62 heavy (non-hydrogen) atoms. The van der Waals surface area contributed by atoms with Crippen LogP contribution >= 0.6 is 0 Å². The minimum Gasteiger partial charge on any atom is -0.310 e. The minimum absolute atomic E-state index is 0.286. The summed E-state index contributed by atoms with van der Waals surface area (Å²) in [6.07, 6.45) is 3.69. The van der Waals surface area contributed by atoms with Crippen molar-refractivity contribution in [1.29, 1.82) is 0 Å². The van der Waals surface area contributed by atoms with Crippen LogP contribution in [0, 0.1) is 5.82 Å². The smallest absolute Gasteiger partial charge is 0.147 e. The van der Waals surface area contributed by atoms with Crippen LogP contribution in [-0.2, 0) is 5.41 Å². The number of fused-ring (bicyclic) bond motifs is 10. The Balaban J connectivity index is 1.10. The van der Waals surface area contributed by atoms with E-state index in [9.17, 15) is 0 Å². The summed E-state index contributed by atoms with van der Waals surface area (Å²) in [5.74, 6) is -0.286. The third-order valence-corrected chi connectivity index (χ3v) is 13.4. The molecule has 0 radical (unpaired) electrons. The molecule has 13 rings (SSSR count). The predicted molar refractivity (Wildman–Crippen MR) is 254 cm³/mol. The van der Waals surface area contributed by atoms with Gasteiger partial charge >= 0.3 is 0 Å². The molecule has 0 fully saturated rings. The van der Waals surface area contributed by atoms with E-state index in [1.165, 1.54) is 38.8 Å². The van der Waals surface area contributed by atoms with Crippen molar-refractivity contribution in [1.82, 2.24) is 4.98 Å². The zero-order chi connectivity index (χ0) is 40.9. The number of aromatic nitrogens is 1. The molecule has 11 aromatic rings. The zero-order valence-electron chi connectivity index (χ0n) is 33.5. The van der Waals surface area contributed by atoms with Gasteiger partial charge in [-0.15, -0.1) is 0 Å². The SMILES string of the molecule is Fc1ccccc1N(c1cccc2c1-c1ccccc1C21c2ccccc2-c2ccccc21)c1ccc2ccc3c(N(c4ccccc4)c4ccncc4)ccc4ccc1c2c43. The average Bonchev–Trinajstić information content (AvgIpc) is 3.81. The van der Waals surface area contributed by atoms with E-state index in [1.54, 1.807) is 12.1 Å². The van der Waals surface area contributed by atoms with E-state index < -0.39 is 5.41 Å². The summed E-state index contributed by atoms with van der Waals surface area (Å²) in [5, 5.41) is 6.77. The molecule has 10 aromatic carbocycles. The maximum absolute atomic E-state index is 16.8. The highest BCUT2D eigenvalue weighted by Crippen LogP contribution is 2.65. The molecule has 1 spiro atoms. The van der Waals surface area contributed by atoms with Gasteiger partial charge in [0.05, 0.1) is 28.2 Å². The number of pyridine rings is 1. The van der Waals surface area contributed by atoms with Gasteiger partial charge in [-0.25, -0.2) is 4.39 Å². The molecular weight excluding hydrogens is 758 g/mol. The van der Waals surface area contributed by atoms with Crippen LogP contribution in [0.5, 0.6) is 0 Å². The minimum atomic E-state index is -0.533. The lowest BCUT2D eigenvalue weighted by Gasteiger charge is -2.32. The summed E-state index contributed by atoms with van der Waals surface area (Å²) in [4.78, 5) is 8.83. The molecule has 2 aliphatic rings. The van der Waals surface area contributed by atoms with Crippen LogP contribution in [-0.4, -0.2) is 4.98 Å². The monoisotopic (exact) mass is 793 g/mol. The van der Waals surface area contributed by atoms with Gasteiger partial charge in [0.1, 0.15) is 5.82 Å². The standard InChI is InChI=1S/C58H36FN3/c59-50-22-10-11-23-53(50)62(54-24-12-21-49-57(54)43-17-6-9-20-48(43)58(49)46-18-7-4-15-41(46)42-16-5-8-19-47(42)58)52-32-28-38-25-29-44-51(31-27-37-26-30-45(52)56(38)55(37)44)61(39-13-2-1-3-14-39)40-33-35-60-36-34-40/h1-36H. The number of para-hydroxylation sites is 2. The van der Waals surface area contributed by atoms with Gasteiger partial charge in [0.2, 0.25) is 0 Å². The second-order valence-electron chi connectivity index (χ2n) is 16.3. The first kappa shape index (κ1) is 34.8. The van der Waals surface area contributed by atoms with E-state index in [4.69, 9.17) is 0 Å². The Morgan fingerprint density at radius 3 is 1.48 bits per heavy atom. The molecule has 0 aliphatic heterocycles. The Labute approximate surface area is 358 Å². The van der Waals surface area contributed by atoms with Crippen LogP contribution in [0.1, 0.15) is 22.3 Å². The van der Waals surface area contributed by atoms with Crippen molar-refractivity contribution in [2.45, 2.75) is 5.41 Å². The maximum Gasteiger partial charge on any atom is 0.147 e. The highest BCUT2D eigenvalue weighted by Gasteiger charge is 2.52. The van der Waals surface area contributed by atoms with Gasteiger partial charge in [-0.1, -0.05) is 152 Å². The summed E-state index contributed by atoms with van der Waals surface area (Å²) in [6, 6.07) is 72.8. The zero-order valence-corrected chi connectivity index (χ0v) is 33.5. The Hall–Kier alpha value is -8.08. The molecule has 0 N–H and O–H groups in total. The van der Waals surface area contributed by atoms with E-state index >= 15 is 4.39 Å². The normalized spacial score (nSPS) is 13.0. The summed E-state index contributed by atoms with van der Waals surface area (Å²) in [7, 11) is 0. The van der Waals surface area contributed by atoms with Crippen LogP contribution in [0.2, 0.25) is 0 Å². The van der Waals surface area contributed by atoms with Crippen molar-refractivity contribution in [2.24, 2.45) is 0 Å². The van der Waals surface area contributed by atoms with Crippen molar-refractivity contribution in [2.75, 3.05) is 9.80 Å². The number of nitrogens with zero attached hydrogens (tertiary/aromatic N) is 3. The first-order valence-corrected chi connectivity index (χ1v) is 21.1. The molecule has 3 nitrogen and oxygen atoms in total. The van der Waals surface area contributed by atoms with Crippen LogP contribution in [0.3, 0.4) is 0 Å². The van der Waals surface area contributed by atoms with E-state index in [2.05, 4.69) is 191 Å². The molecule has 0 atom stereocenters. The van der Waals surface area contributed by atoms with Crippen LogP contribution in [0.4, 0.5) is 38.5 Å². The topological polar surface area (TPSA) is 19.4 Å². The number of benzene rings is 10. The van der Waals surface area contributed by atoms with E-state index in [1.807, 2.05) is 30.6 Å². The lowest BCUT2D eigenvalue weighted by molar-refractivity contribution is 0.629. The molecule has 0 bridgehead atoms. The lowest BCUT2D eigenvalue weighted by atomic mass is 9.70. The second kappa shape index (κ2) is 13.2. The number of anilines is 6. The van der Waals surface area contributed by atoms with Crippen molar-refractivity contribution in [3.8, 4) is 22.3 Å². The van der Waals surface area contributed by atoms with E-state index in [0.717, 1.165) is 66.5 Å². The molecule has 1 aromatic heterocycles. The van der Waals surface area contributed by atoms with E-state index in [-0.39, 0.29) is 5.82 Å². The number of hydrogen-bond acceptors (Lipinski definition) is 3. The number of rotatable bonds is 6. The van der Waals surface area contributed by atoms with Crippen molar-refractivity contribution in [3.05, 3.63) is 247 Å². The number of hydrogen-bond donors (Lipinski definition) is 0. The fourth-order valence-electron chi connectivity index (χ4n) is 11.0. The van der Waals surface area contributed by atoms with Crippen molar-refractivity contribution in [3.63, 3.8) is 0 Å². The van der Waals surface area contributed by atoms with Crippen LogP contribution in [0.25, 0.3) is 54.6 Å². The Kier molecular flexibility index (Phi) is 7.40. The van der Waals surface area contributed by atoms with E-state index in [0.29, 0.717) is 5.69 Å². The van der Waals surface area contributed by atoms with Crippen molar-refractivity contribution >= 4 is 66.4 Å². The molecule has 1 heterocycles. The highest BCUT2D eigenvalue weighted by molar-refractivity contribution is 6.28.